The van der Waals surface area contributed by atoms with Crippen molar-refractivity contribution in [2.45, 2.75) is 32.9 Å². The molecule has 0 saturated heterocycles. The highest BCUT2D eigenvalue weighted by molar-refractivity contribution is 5.08. The Morgan fingerprint density at radius 2 is 2.13 bits per heavy atom. The van der Waals surface area contributed by atoms with E-state index in [1.165, 1.54) is 0 Å². The predicted octanol–water partition coefficient (Wildman–Crippen LogP) is 1.15. The van der Waals surface area contributed by atoms with Gasteiger partial charge in [-0.05, 0) is 34.9 Å². The highest BCUT2D eigenvalue weighted by atomic mass is 15.2. The van der Waals surface area contributed by atoms with Gasteiger partial charge in [-0.2, -0.15) is 0 Å². The lowest BCUT2D eigenvalue weighted by molar-refractivity contribution is 0.189. The summed E-state index contributed by atoms with van der Waals surface area (Å²) in [7, 11) is 4.20. The van der Waals surface area contributed by atoms with Crippen molar-refractivity contribution in [2.75, 3.05) is 20.6 Å². The Hall–Kier alpha value is -0.870. The zero-order valence-corrected chi connectivity index (χ0v) is 10.4. The number of hydrogen-bond acceptors (Lipinski definition) is 3. The summed E-state index contributed by atoms with van der Waals surface area (Å²) < 4.78 is 0. The van der Waals surface area contributed by atoms with Crippen LogP contribution in [0, 0.1) is 6.92 Å². The molecule has 1 aromatic heterocycles. The van der Waals surface area contributed by atoms with Crippen LogP contribution in [-0.4, -0.2) is 41.0 Å². The first kappa shape index (κ1) is 12.2. The van der Waals surface area contributed by atoms with Gasteiger partial charge in [0.1, 0.15) is 0 Å². The van der Waals surface area contributed by atoms with E-state index in [1.54, 1.807) is 6.33 Å². The van der Waals surface area contributed by atoms with E-state index in [1.807, 2.05) is 6.92 Å². The lowest BCUT2D eigenvalue weighted by Crippen LogP contribution is -2.46. The Morgan fingerprint density at radius 3 is 2.60 bits per heavy atom. The fraction of sp³-hybridized carbons (Fsp3) is 0.727. The highest BCUT2D eigenvalue weighted by Crippen LogP contribution is 2.08. The van der Waals surface area contributed by atoms with Crippen molar-refractivity contribution < 1.29 is 0 Å². The fourth-order valence-corrected chi connectivity index (χ4v) is 1.21. The molecule has 0 amide bonds. The van der Waals surface area contributed by atoms with Gasteiger partial charge in [0.2, 0.25) is 0 Å². The number of aromatic nitrogens is 2. The van der Waals surface area contributed by atoms with Gasteiger partial charge < -0.3 is 15.2 Å². The normalized spacial score (nSPS) is 12.4. The number of nitrogens with one attached hydrogen (secondary N) is 2. The Morgan fingerprint density at radius 1 is 1.47 bits per heavy atom. The minimum absolute atomic E-state index is 0.171. The van der Waals surface area contributed by atoms with Crippen molar-refractivity contribution in [3.63, 3.8) is 0 Å². The summed E-state index contributed by atoms with van der Waals surface area (Å²) in [5, 5.41) is 3.43. The summed E-state index contributed by atoms with van der Waals surface area (Å²) in [6.45, 7) is 8.26. The second-order valence-corrected chi connectivity index (χ2v) is 4.78. The minimum Gasteiger partial charge on any atom is -0.348 e. The average molecular weight is 210 g/mol. The first-order valence-electron chi connectivity index (χ1n) is 5.30. The zero-order valence-electron chi connectivity index (χ0n) is 10.4. The van der Waals surface area contributed by atoms with E-state index in [2.05, 4.69) is 48.1 Å². The Bertz CT molecular complexity index is 301. The number of rotatable bonds is 5. The maximum atomic E-state index is 4.25. The van der Waals surface area contributed by atoms with Crippen molar-refractivity contribution in [1.82, 2.24) is 20.2 Å². The van der Waals surface area contributed by atoms with Gasteiger partial charge in [0.15, 0.2) is 0 Å². The fourth-order valence-electron chi connectivity index (χ4n) is 1.21. The Labute approximate surface area is 92.1 Å². The van der Waals surface area contributed by atoms with Crippen LogP contribution in [0.1, 0.15) is 25.2 Å². The number of likely N-dealkylation sites (N-methyl/N-ethyl adjacent to an activating group) is 1. The van der Waals surface area contributed by atoms with Crippen molar-refractivity contribution >= 4 is 0 Å². The van der Waals surface area contributed by atoms with E-state index in [-0.39, 0.29) is 5.54 Å². The second kappa shape index (κ2) is 4.77. The summed E-state index contributed by atoms with van der Waals surface area (Å²) in [5.41, 5.74) is 2.42. The van der Waals surface area contributed by atoms with Gasteiger partial charge in [-0.25, -0.2) is 4.98 Å². The van der Waals surface area contributed by atoms with Gasteiger partial charge in [0.05, 0.1) is 12.0 Å². The van der Waals surface area contributed by atoms with Crippen LogP contribution in [-0.2, 0) is 6.54 Å². The summed E-state index contributed by atoms with van der Waals surface area (Å²) >= 11 is 0. The second-order valence-electron chi connectivity index (χ2n) is 4.78. The van der Waals surface area contributed by atoms with E-state index in [0.717, 1.165) is 24.5 Å². The molecule has 0 aliphatic heterocycles. The van der Waals surface area contributed by atoms with E-state index < -0.39 is 0 Å². The molecule has 0 unspecified atom stereocenters. The van der Waals surface area contributed by atoms with Gasteiger partial charge in [-0.1, -0.05) is 0 Å². The van der Waals surface area contributed by atoms with Crippen LogP contribution in [0.5, 0.6) is 0 Å². The summed E-state index contributed by atoms with van der Waals surface area (Å²) in [4.78, 5) is 9.55. The third kappa shape index (κ3) is 3.32. The highest BCUT2D eigenvalue weighted by Gasteiger charge is 2.19. The molecule has 0 radical (unpaired) electrons. The van der Waals surface area contributed by atoms with E-state index in [4.69, 9.17) is 0 Å². The number of hydrogen-bond donors (Lipinski definition) is 2. The standard InChI is InChI=1S/C11H22N4/c1-9-10(14-8-13-9)6-12-7-11(2,3)15(4)5/h8,12H,6-7H2,1-5H3,(H,13,14). The van der Waals surface area contributed by atoms with E-state index >= 15 is 0 Å². The SMILES string of the molecule is Cc1[nH]cnc1CNCC(C)(C)N(C)C. The van der Waals surface area contributed by atoms with Gasteiger partial charge in [0, 0.05) is 24.3 Å². The van der Waals surface area contributed by atoms with Crippen molar-refractivity contribution in [3.8, 4) is 0 Å². The zero-order chi connectivity index (χ0) is 11.5. The molecule has 2 N–H and O–H groups in total. The lowest BCUT2D eigenvalue weighted by atomic mass is 10.0. The van der Waals surface area contributed by atoms with Crippen LogP contribution in [0.4, 0.5) is 0 Å². The molecular weight excluding hydrogens is 188 g/mol. The maximum absolute atomic E-state index is 4.25. The molecule has 0 atom stereocenters. The molecule has 0 aromatic carbocycles. The molecule has 86 valence electrons. The molecule has 0 aliphatic carbocycles. The van der Waals surface area contributed by atoms with Crippen LogP contribution in [0.25, 0.3) is 0 Å². The third-order valence-electron chi connectivity index (χ3n) is 3.00. The quantitative estimate of drug-likeness (QED) is 0.766. The van der Waals surface area contributed by atoms with E-state index in [0.29, 0.717) is 0 Å². The monoisotopic (exact) mass is 210 g/mol. The molecule has 0 bridgehead atoms. The van der Waals surface area contributed by atoms with Gasteiger partial charge in [0.25, 0.3) is 0 Å². The molecule has 4 nitrogen and oxygen atoms in total. The smallest absolute Gasteiger partial charge is 0.0925 e. The molecule has 15 heavy (non-hydrogen) atoms. The summed E-state index contributed by atoms with van der Waals surface area (Å²) in [6, 6.07) is 0. The minimum atomic E-state index is 0.171. The van der Waals surface area contributed by atoms with Crippen LogP contribution in [0.2, 0.25) is 0 Å². The maximum Gasteiger partial charge on any atom is 0.0925 e. The number of imidazole rings is 1. The molecule has 1 rings (SSSR count). The lowest BCUT2D eigenvalue weighted by Gasteiger charge is -2.32. The number of H-pyrrole nitrogens is 1. The van der Waals surface area contributed by atoms with Crippen LogP contribution in [0.15, 0.2) is 6.33 Å². The van der Waals surface area contributed by atoms with Crippen LogP contribution >= 0.6 is 0 Å². The van der Waals surface area contributed by atoms with Crippen molar-refractivity contribution in [2.24, 2.45) is 0 Å². The van der Waals surface area contributed by atoms with Crippen molar-refractivity contribution in [1.29, 1.82) is 0 Å². The summed E-state index contributed by atoms with van der Waals surface area (Å²) in [5.74, 6) is 0. The third-order valence-corrected chi connectivity index (χ3v) is 3.00. The van der Waals surface area contributed by atoms with Gasteiger partial charge in [-0.3, -0.25) is 0 Å². The van der Waals surface area contributed by atoms with Crippen LogP contribution in [0.3, 0.4) is 0 Å². The first-order valence-corrected chi connectivity index (χ1v) is 5.30. The molecule has 0 aliphatic rings. The van der Waals surface area contributed by atoms with E-state index in [9.17, 15) is 0 Å². The molecule has 1 aromatic rings. The molecule has 1 heterocycles. The van der Waals surface area contributed by atoms with Gasteiger partial charge >= 0.3 is 0 Å². The van der Waals surface area contributed by atoms with Gasteiger partial charge in [-0.15, -0.1) is 0 Å². The number of nitrogens with zero attached hydrogens (tertiary/aromatic N) is 2. The predicted molar refractivity (Wildman–Crippen MR) is 62.8 cm³/mol. The average Bonchev–Trinajstić information content (AvgIpc) is 2.51. The van der Waals surface area contributed by atoms with Crippen LogP contribution < -0.4 is 5.32 Å². The Kier molecular flexibility index (Phi) is 3.88. The number of aryl methyl sites for hydroxylation is 1. The molecule has 0 spiro atoms. The molecule has 0 fully saturated rings. The Balaban J connectivity index is 2.37. The first-order chi connectivity index (χ1) is 6.93. The molecule has 0 saturated carbocycles. The largest absolute Gasteiger partial charge is 0.348 e. The number of aromatic amines is 1. The molecular formula is C11H22N4. The topological polar surface area (TPSA) is 44.0 Å². The molecule has 4 heteroatoms. The summed E-state index contributed by atoms with van der Waals surface area (Å²) in [6.07, 6.45) is 1.74. The van der Waals surface area contributed by atoms with Crippen molar-refractivity contribution in [3.05, 3.63) is 17.7 Å².